The summed E-state index contributed by atoms with van der Waals surface area (Å²) in [5, 5.41) is 9.49. The topological polar surface area (TPSA) is 20.2 Å². The molecule has 0 unspecified atom stereocenters. The third-order valence-electron chi connectivity index (χ3n) is 6.32. The van der Waals surface area contributed by atoms with Crippen LogP contribution in [0, 0.1) is 23.7 Å². The maximum Gasteiger partial charge on any atom is 0.115 e. The maximum atomic E-state index is 9.49. The number of rotatable bonds is 1. The SMILES string of the molecule is CC1(c2ccc(O)cc2)C2CC3CC(C2)CC1C3. The lowest BCUT2D eigenvalue weighted by Gasteiger charge is -2.60. The van der Waals surface area contributed by atoms with Crippen LogP contribution in [0.5, 0.6) is 5.75 Å². The Morgan fingerprint density at radius 3 is 1.89 bits per heavy atom. The lowest BCUT2D eigenvalue weighted by molar-refractivity contribution is -0.0523. The third kappa shape index (κ3) is 1.34. The number of phenolic OH excluding ortho intramolecular Hbond substituents is 1. The first-order chi connectivity index (χ1) is 8.66. The fraction of sp³-hybridized carbons (Fsp3) is 0.647. The predicted octanol–water partition coefficient (Wildman–Crippen LogP) is 4.11. The molecule has 5 rings (SSSR count). The Morgan fingerprint density at radius 2 is 1.39 bits per heavy atom. The van der Waals surface area contributed by atoms with Crippen molar-refractivity contribution in [2.24, 2.45) is 23.7 Å². The van der Waals surface area contributed by atoms with Crippen molar-refractivity contribution in [3.05, 3.63) is 29.8 Å². The lowest BCUT2D eigenvalue weighted by Crippen LogP contribution is -2.53. The van der Waals surface area contributed by atoms with Gasteiger partial charge in [-0.3, -0.25) is 0 Å². The van der Waals surface area contributed by atoms with Gasteiger partial charge in [0, 0.05) is 0 Å². The highest BCUT2D eigenvalue weighted by Gasteiger charge is 2.55. The summed E-state index contributed by atoms with van der Waals surface area (Å²) in [4.78, 5) is 0. The molecular formula is C17H22O. The molecule has 1 aromatic rings. The zero-order chi connectivity index (χ0) is 12.3. The van der Waals surface area contributed by atoms with Gasteiger partial charge in [0.2, 0.25) is 0 Å². The van der Waals surface area contributed by atoms with Gasteiger partial charge in [-0.2, -0.15) is 0 Å². The minimum atomic E-state index is 0.376. The van der Waals surface area contributed by atoms with Gasteiger partial charge in [0.15, 0.2) is 0 Å². The summed E-state index contributed by atoms with van der Waals surface area (Å²) in [6.07, 6.45) is 7.31. The molecule has 0 saturated heterocycles. The van der Waals surface area contributed by atoms with Gasteiger partial charge in [-0.1, -0.05) is 19.1 Å². The average molecular weight is 242 g/mol. The summed E-state index contributed by atoms with van der Waals surface area (Å²) in [6.45, 7) is 2.49. The van der Waals surface area contributed by atoms with E-state index in [-0.39, 0.29) is 0 Å². The van der Waals surface area contributed by atoms with Crippen LogP contribution < -0.4 is 0 Å². The zero-order valence-corrected chi connectivity index (χ0v) is 11.1. The van der Waals surface area contributed by atoms with Crippen LogP contribution in [0.1, 0.15) is 44.6 Å². The van der Waals surface area contributed by atoms with Crippen molar-refractivity contribution in [3.8, 4) is 5.75 Å². The van der Waals surface area contributed by atoms with E-state index in [1.165, 1.54) is 37.7 Å². The second kappa shape index (κ2) is 3.53. The van der Waals surface area contributed by atoms with Crippen LogP contribution in [-0.2, 0) is 5.41 Å². The van der Waals surface area contributed by atoms with Crippen molar-refractivity contribution in [2.75, 3.05) is 0 Å². The molecule has 0 amide bonds. The number of hydrogen-bond donors (Lipinski definition) is 1. The molecule has 0 radical (unpaired) electrons. The smallest absolute Gasteiger partial charge is 0.115 e. The van der Waals surface area contributed by atoms with E-state index >= 15 is 0 Å². The summed E-state index contributed by atoms with van der Waals surface area (Å²) in [6, 6.07) is 8.06. The number of hydrogen-bond acceptors (Lipinski definition) is 1. The van der Waals surface area contributed by atoms with Gasteiger partial charge < -0.3 is 5.11 Å². The third-order valence-corrected chi connectivity index (χ3v) is 6.32. The lowest BCUT2D eigenvalue weighted by atomic mass is 9.44. The minimum Gasteiger partial charge on any atom is -0.508 e. The molecule has 1 heteroatoms. The Kier molecular flexibility index (Phi) is 2.13. The highest BCUT2D eigenvalue weighted by Crippen LogP contribution is 2.62. The van der Waals surface area contributed by atoms with E-state index in [9.17, 15) is 5.11 Å². The molecule has 0 spiro atoms. The van der Waals surface area contributed by atoms with E-state index in [4.69, 9.17) is 0 Å². The molecule has 1 nitrogen and oxygen atoms in total. The first-order valence-corrected chi connectivity index (χ1v) is 7.45. The molecule has 0 atom stereocenters. The van der Waals surface area contributed by atoms with E-state index in [1.54, 1.807) is 0 Å². The maximum absolute atomic E-state index is 9.49. The first kappa shape index (κ1) is 10.9. The standard InChI is InChI=1S/C17H22O/c1-17(13-2-4-16(18)5-3-13)14-7-11-6-12(9-14)10-15(17)8-11/h2-5,11-12,14-15,18H,6-10H2,1H3. The highest BCUT2D eigenvalue weighted by molar-refractivity contribution is 5.34. The zero-order valence-electron chi connectivity index (χ0n) is 11.1. The number of phenols is 1. The Morgan fingerprint density at radius 1 is 0.889 bits per heavy atom. The van der Waals surface area contributed by atoms with E-state index in [1.807, 2.05) is 12.1 Å². The van der Waals surface area contributed by atoms with Crippen molar-refractivity contribution in [1.29, 1.82) is 0 Å². The molecule has 4 aliphatic carbocycles. The van der Waals surface area contributed by atoms with Crippen LogP contribution in [0.2, 0.25) is 0 Å². The minimum absolute atomic E-state index is 0.376. The number of aromatic hydroxyl groups is 1. The molecular weight excluding hydrogens is 220 g/mol. The van der Waals surface area contributed by atoms with E-state index in [2.05, 4.69) is 19.1 Å². The van der Waals surface area contributed by atoms with Gasteiger partial charge in [0.25, 0.3) is 0 Å². The van der Waals surface area contributed by atoms with Crippen LogP contribution in [-0.4, -0.2) is 5.11 Å². The molecule has 0 aromatic heterocycles. The van der Waals surface area contributed by atoms with Gasteiger partial charge in [-0.15, -0.1) is 0 Å². The fourth-order valence-corrected chi connectivity index (χ4v) is 5.46. The molecule has 0 aliphatic heterocycles. The quantitative estimate of drug-likeness (QED) is 0.786. The molecule has 4 bridgehead atoms. The Bertz CT molecular complexity index is 431. The van der Waals surface area contributed by atoms with Crippen molar-refractivity contribution in [2.45, 2.75) is 44.4 Å². The van der Waals surface area contributed by atoms with Crippen molar-refractivity contribution in [3.63, 3.8) is 0 Å². The molecule has 18 heavy (non-hydrogen) atoms. The molecule has 96 valence electrons. The summed E-state index contributed by atoms with van der Waals surface area (Å²) >= 11 is 0. The summed E-state index contributed by atoms with van der Waals surface area (Å²) in [5.41, 5.74) is 1.84. The van der Waals surface area contributed by atoms with Gasteiger partial charge in [0.05, 0.1) is 0 Å². The summed E-state index contributed by atoms with van der Waals surface area (Å²) in [5.74, 6) is 4.22. The van der Waals surface area contributed by atoms with Crippen molar-refractivity contribution < 1.29 is 5.11 Å². The van der Waals surface area contributed by atoms with Crippen LogP contribution in [0.15, 0.2) is 24.3 Å². The Hall–Kier alpha value is -0.980. The Balaban J connectivity index is 1.76. The number of benzene rings is 1. The van der Waals surface area contributed by atoms with E-state index in [0.717, 1.165) is 23.7 Å². The second-order valence-electron chi connectivity index (χ2n) is 7.13. The summed E-state index contributed by atoms with van der Waals surface area (Å²) < 4.78 is 0. The molecule has 1 N–H and O–H groups in total. The average Bonchev–Trinajstić information content (AvgIpc) is 2.35. The van der Waals surface area contributed by atoms with Gasteiger partial charge in [-0.05, 0) is 78.9 Å². The largest absolute Gasteiger partial charge is 0.508 e. The van der Waals surface area contributed by atoms with Gasteiger partial charge in [0.1, 0.15) is 5.75 Å². The first-order valence-electron chi connectivity index (χ1n) is 7.45. The molecule has 0 heterocycles. The second-order valence-corrected chi connectivity index (χ2v) is 7.13. The normalized spacial score (nSPS) is 45.4. The van der Waals surface area contributed by atoms with Gasteiger partial charge >= 0.3 is 0 Å². The summed E-state index contributed by atoms with van der Waals surface area (Å²) in [7, 11) is 0. The van der Waals surface area contributed by atoms with Crippen molar-refractivity contribution >= 4 is 0 Å². The van der Waals surface area contributed by atoms with Crippen LogP contribution in [0.3, 0.4) is 0 Å². The van der Waals surface area contributed by atoms with Gasteiger partial charge in [-0.25, -0.2) is 0 Å². The molecule has 4 fully saturated rings. The molecule has 4 aliphatic rings. The monoisotopic (exact) mass is 242 g/mol. The van der Waals surface area contributed by atoms with Crippen LogP contribution >= 0.6 is 0 Å². The highest BCUT2D eigenvalue weighted by atomic mass is 16.3. The molecule has 1 aromatic carbocycles. The Labute approximate surface area is 109 Å². The fourth-order valence-electron chi connectivity index (χ4n) is 5.46. The predicted molar refractivity (Wildman–Crippen MR) is 72.5 cm³/mol. The van der Waals surface area contributed by atoms with E-state index in [0.29, 0.717) is 11.2 Å². The molecule has 4 saturated carbocycles. The van der Waals surface area contributed by atoms with Crippen LogP contribution in [0.25, 0.3) is 0 Å². The van der Waals surface area contributed by atoms with Crippen molar-refractivity contribution in [1.82, 2.24) is 0 Å². The van der Waals surface area contributed by atoms with E-state index < -0.39 is 0 Å². The van der Waals surface area contributed by atoms with Crippen LogP contribution in [0.4, 0.5) is 0 Å².